The third-order valence-electron chi connectivity index (χ3n) is 3.29. The number of hydrogen-bond acceptors (Lipinski definition) is 3. The summed E-state index contributed by atoms with van der Waals surface area (Å²) in [6, 6.07) is 8.33. The molecule has 0 saturated carbocycles. The summed E-state index contributed by atoms with van der Waals surface area (Å²) < 4.78 is 1.41. The number of nitrogens with two attached hydrogens (primary N) is 1. The van der Waals surface area contributed by atoms with Crippen LogP contribution in [0.2, 0.25) is 0 Å². The van der Waals surface area contributed by atoms with Crippen LogP contribution in [0.25, 0.3) is 10.9 Å². The third-order valence-corrected chi connectivity index (χ3v) is 3.29. The highest BCUT2D eigenvalue weighted by Gasteiger charge is 2.12. The van der Waals surface area contributed by atoms with Crippen molar-refractivity contribution >= 4 is 28.2 Å². The number of aromatic nitrogens is 2. The highest BCUT2D eigenvalue weighted by molar-refractivity contribution is 6.13. The summed E-state index contributed by atoms with van der Waals surface area (Å²) in [4.78, 5) is 26.7. The zero-order valence-electron chi connectivity index (χ0n) is 11.4. The molecule has 0 aliphatic heterocycles. The summed E-state index contributed by atoms with van der Waals surface area (Å²) in [5.74, 6) is -0.259. The molecule has 0 unspecified atom stereocenters. The molecule has 3 aromatic rings. The number of anilines is 2. The third kappa shape index (κ3) is 2.38. The highest BCUT2D eigenvalue weighted by atomic mass is 16.1. The largest absolute Gasteiger partial charge is 0.399 e. The average molecular weight is 282 g/mol. The minimum absolute atomic E-state index is 0.132. The molecule has 6 nitrogen and oxygen atoms in total. The second-order valence-electron chi connectivity index (χ2n) is 4.83. The van der Waals surface area contributed by atoms with E-state index in [-0.39, 0.29) is 11.5 Å². The lowest BCUT2D eigenvalue weighted by Crippen LogP contribution is -2.17. The first kappa shape index (κ1) is 13.0. The van der Waals surface area contributed by atoms with Crippen molar-refractivity contribution in [2.45, 2.75) is 0 Å². The molecule has 4 N–H and O–H groups in total. The van der Waals surface area contributed by atoms with Gasteiger partial charge in [-0.15, -0.1) is 0 Å². The summed E-state index contributed by atoms with van der Waals surface area (Å²) >= 11 is 0. The molecule has 106 valence electrons. The van der Waals surface area contributed by atoms with Crippen LogP contribution in [-0.4, -0.2) is 15.5 Å². The predicted molar refractivity (Wildman–Crippen MR) is 82.3 cm³/mol. The number of nitrogens with zero attached hydrogens (tertiary/aromatic N) is 1. The topological polar surface area (TPSA) is 92.9 Å². The molecule has 0 bridgehead atoms. The fraction of sp³-hybridized carbons (Fsp3) is 0.0667. The Morgan fingerprint density at radius 3 is 2.86 bits per heavy atom. The molecular weight excluding hydrogens is 268 g/mol. The van der Waals surface area contributed by atoms with Crippen molar-refractivity contribution < 1.29 is 4.79 Å². The minimum Gasteiger partial charge on any atom is -0.399 e. The Kier molecular flexibility index (Phi) is 2.98. The number of hydrogen-bond donors (Lipinski definition) is 3. The van der Waals surface area contributed by atoms with Gasteiger partial charge in [0.2, 0.25) is 5.56 Å². The van der Waals surface area contributed by atoms with Gasteiger partial charge in [0.15, 0.2) is 0 Å². The molecule has 6 heteroatoms. The Balaban J connectivity index is 1.95. The van der Waals surface area contributed by atoms with Crippen molar-refractivity contribution in [3.05, 3.63) is 58.6 Å². The monoisotopic (exact) mass is 282 g/mol. The van der Waals surface area contributed by atoms with Crippen molar-refractivity contribution in [2.24, 2.45) is 7.05 Å². The van der Waals surface area contributed by atoms with Gasteiger partial charge in [0.25, 0.3) is 5.91 Å². The standard InChI is InChI=1S/C15H14N4O2/c1-19-8-10(3-5-14(19)20)18-15(21)12-7-17-13-4-2-9(16)6-11(12)13/h2-8,17H,16H2,1H3,(H,18,21). The molecule has 2 heterocycles. The number of rotatable bonds is 2. The lowest BCUT2D eigenvalue weighted by atomic mass is 10.1. The number of carbonyl (C=O) groups excluding carboxylic acids is 1. The summed E-state index contributed by atoms with van der Waals surface area (Å²) in [5, 5.41) is 3.53. The van der Waals surface area contributed by atoms with Gasteiger partial charge in [-0.2, -0.15) is 0 Å². The van der Waals surface area contributed by atoms with Crippen molar-refractivity contribution in [2.75, 3.05) is 11.1 Å². The van der Waals surface area contributed by atoms with Crippen LogP contribution >= 0.6 is 0 Å². The molecule has 3 rings (SSSR count). The Morgan fingerprint density at radius 1 is 1.29 bits per heavy atom. The normalized spacial score (nSPS) is 10.7. The van der Waals surface area contributed by atoms with Crippen molar-refractivity contribution in [3.8, 4) is 0 Å². The van der Waals surface area contributed by atoms with Gasteiger partial charge in [0, 0.05) is 42.1 Å². The maximum atomic E-state index is 12.3. The summed E-state index contributed by atoms with van der Waals surface area (Å²) in [5.41, 5.74) is 8.13. The van der Waals surface area contributed by atoms with E-state index in [4.69, 9.17) is 5.73 Å². The van der Waals surface area contributed by atoms with Gasteiger partial charge in [-0.3, -0.25) is 9.59 Å². The number of nitrogens with one attached hydrogen (secondary N) is 2. The SMILES string of the molecule is Cn1cc(NC(=O)c2c[nH]c3ccc(N)cc23)ccc1=O. The summed E-state index contributed by atoms with van der Waals surface area (Å²) in [6.45, 7) is 0. The van der Waals surface area contributed by atoms with Gasteiger partial charge in [-0.1, -0.05) is 0 Å². The molecular formula is C15H14N4O2. The number of aromatic amines is 1. The lowest BCUT2D eigenvalue weighted by molar-refractivity contribution is 0.102. The minimum atomic E-state index is -0.259. The Hall–Kier alpha value is -3.02. The predicted octanol–water partition coefficient (Wildman–Crippen LogP) is 1.70. The smallest absolute Gasteiger partial charge is 0.257 e. The first-order valence-corrected chi connectivity index (χ1v) is 6.39. The van der Waals surface area contributed by atoms with Crippen molar-refractivity contribution in [3.63, 3.8) is 0 Å². The van der Waals surface area contributed by atoms with Gasteiger partial charge in [-0.05, 0) is 24.3 Å². The molecule has 2 aromatic heterocycles. The number of amides is 1. The Bertz CT molecular complexity index is 892. The maximum Gasteiger partial charge on any atom is 0.257 e. The van der Waals surface area contributed by atoms with E-state index in [9.17, 15) is 9.59 Å². The number of pyridine rings is 1. The first-order chi connectivity index (χ1) is 10.0. The molecule has 0 fully saturated rings. The Labute approximate surface area is 120 Å². The van der Waals surface area contributed by atoms with Gasteiger partial charge in [0.05, 0.1) is 11.3 Å². The summed E-state index contributed by atoms with van der Waals surface area (Å²) in [6.07, 6.45) is 3.21. The van der Waals surface area contributed by atoms with Crippen LogP contribution in [0.5, 0.6) is 0 Å². The number of fused-ring (bicyclic) bond motifs is 1. The van der Waals surface area contributed by atoms with Gasteiger partial charge < -0.3 is 20.6 Å². The van der Waals surface area contributed by atoms with E-state index in [2.05, 4.69) is 10.3 Å². The van der Waals surface area contributed by atoms with E-state index in [0.717, 1.165) is 10.9 Å². The van der Waals surface area contributed by atoms with E-state index in [0.29, 0.717) is 16.9 Å². The average Bonchev–Trinajstić information content (AvgIpc) is 2.86. The Morgan fingerprint density at radius 2 is 2.10 bits per heavy atom. The van der Waals surface area contributed by atoms with Crippen molar-refractivity contribution in [1.29, 1.82) is 0 Å². The van der Waals surface area contributed by atoms with Gasteiger partial charge in [-0.25, -0.2) is 0 Å². The van der Waals surface area contributed by atoms with Crippen LogP contribution in [0.15, 0.2) is 47.5 Å². The molecule has 0 aliphatic carbocycles. The van der Waals surface area contributed by atoms with E-state index >= 15 is 0 Å². The highest BCUT2D eigenvalue weighted by Crippen LogP contribution is 2.21. The van der Waals surface area contributed by atoms with Crippen LogP contribution < -0.4 is 16.6 Å². The quantitative estimate of drug-likeness (QED) is 0.624. The summed E-state index contributed by atoms with van der Waals surface area (Å²) in [7, 11) is 1.63. The fourth-order valence-electron chi connectivity index (χ4n) is 2.19. The second-order valence-corrected chi connectivity index (χ2v) is 4.83. The van der Waals surface area contributed by atoms with E-state index in [1.54, 1.807) is 37.6 Å². The number of benzene rings is 1. The van der Waals surface area contributed by atoms with Crippen LogP contribution in [-0.2, 0) is 7.05 Å². The van der Waals surface area contributed by atoms with Crippen LogP contribution in [0.1, 0.15) is 10.4 Å². The van der Waals surface area contributed by atoms with E-state index in [1.807, 2.05) is 6.07 Å². The number of aryl methyl sites for hydroxylation is 1. The molecule has 1 aromatic carbocycles. The van der Waals surface area contributed by atoms with E-state index < -0.39 is 0 Å². The van der Waals surface area contributed by atoms with Crippen LogP contribution in [0, 0.1) is 0 Å². The number of nitrogen functional groups attached to an aromatic ring is 1. The van der Waals surface area contributed by atoms with Gasteiger partial charge >= 0.3 is 0 Å². The van der Waals surface area contributed by atoms with Crippen LogP contribution in [0.3, 0.4) is 0 Å². The molecule has 0 aliphatic rings. The lowest BCUT2D eigenvalue weighted by Gasteiger charge is -2.06. The number of H-pyrrole nitrogens is 1. The van der Waals surface area contributed by atoms with E-state index in [1.165, 1.54) is 10.6 Å². The zero-order chi connectivity index (χ0) is 15.0. The molecule has 0 saturated heterocycles. The second kappa shape index (κ2) is 4.82. The molecule has 1 amide bonds. The zero-order valence-corrected chi connectivity index (χ0v) is 11.4. The molecule has 0 spiro atoms. The first-order valence-electron chi connectivity index (χ1n) is 6.39. The fourth-order valence-corrected chi connectivity index (χ4v) is 2.19. The van der Waals surface area contributed by atoms with Crippen molar-refractivity contribution in [1.82, 2.24) is 9.55 Å². The number of carbonyl (C=O) groups is 1. The molecule has 0 atom stereocenters. The van der Waals surface area contributed by atoms with Crippen LogP contribution in [0.4, 0.5) is 11.4 Å². The maximum absolute atomic E-state index is 12.3. The molecule has 21 heavy (non-hydrogen) atoms. The van der Waals surface area contributed by atoms with Gasteiger partial charge in [0.1, 0.15) is 0 Å². The molecule has 0 radical (unpaired) electrons.